The van der Waals surface area contributed by atoms with Crippen LogP contribution in [0.3, 0.4) is 0 Å². The molecule has 2 rings (SSSR count). The van der Waals surface area contributed by atoms with Gasteiger partial charge >= 0.3 is 0 Å². The predicted octanol–water partition coefficient (Wildman–Crippen LogP) is 2.19. The molecule has 0 atom stereocenters. The van der Waals surface area contributed by atoms with E-state index in [1.165, 1.54) is 6.42 Å². The van der Waals surface area contributed by atoms with Crippen LogP contribution in [0.2, 0.25) is 0 Å². The summed E-state index contributed by atoms with van der Waals surface area (Å²) in [5.74, 6) is 1.10. The van der Waals surface area contributed by atoms with E-state index >= 15 is 0 Å². The van der Waals surface area contributed by atoms with Gasteiger partial charge in [0.1, 0.15) is 5.75 Å². The van der Waals surface area contributed by atoms with Crippen LogP contribution in [0.5, 0.6) is 5.75 Å². The lowest BCUT2D eigenvalue weighted by Gasteiger charge is -2.26. The second kappa shape index (κ2) is 7.90. The Hall–Kier alpha value is -1.55. The molecule has 0 aliphatic carbocycles. The molecule has 0 aromatic heterocycles. The van der Waals surface area contributed by atoms with Gasteiger partial charge in [-0.1, -0.05) is 12.1 Å². The summed E-state index contributed by atoms with van der Waals surface area (Å²) in [4.78, 5) is 14.0. The zero-order valence-electron chi connectivity index (χ0n) is 12.2. The summed E-state index contributed by atoms with van der Waals surface area (Å²) in [5.41, 5.74) is 1.14. The number of hydrogen-bond acceptors (Lipinski definition) is 3. The molecule has 20 heavy (non-hydrogen) atoms. The highest BCUT2D eigenvalue weighted by molar-refractivity contribution is 5.78. The van der Waals surface area contributed by atoms with E-state index in [-0.39, 0.29) is 5.91 Å². The van der Waals surface area contributed by atoms with E-state index in [0.29, 0.717) is 19.7 Å². The molecule has 0 unspecified atom stereocenters. The van der Waals surface area contributed by atoms with Gasteiger partial charge in [0.15, 0.2) is 0 Å². The molecule has 1 fully saturated rings. The first-order valence-electron chi connectivity index (χ1n) is 7.50. The summed E-state index contributed by atoms with van der Waals surface area (Å²) in [7, 11) is 0. The molecule has 1 aromatic rings. The molecular formula is C16H24N2O2. The fourth-order valence-electron chi connectivity index (χ4n) is 2.48. The molecule has 1 aromatic carbocycles. The van der Waals surface area contributed by atoms with E-state index in [0.717, 1.165) is 37.2 Å². The highest BCUT2D eigenvalue weighted by Gasteiger charge is 2.15. The Labute approximate surface area is 121 Å². The Morgan fingerprint density at radius 2 is 2.10 bits per heavy atom. The topological polar surface area (TPSA) is 41.6 Å². The van der Waals surface area contributed by atoms with Crippen molar-refractivity contribution in [1.82, 2.24) is 10.2 Å². The van der Waals surface area contributed by atoms with Gasteiger partial charge in [-0.15, -0.1) is 0 Å². The number of hydrogen-bond donors (Lipinski definition) is 1. The van der Waals surface area contributed by atoms with Crippen LogP contribution in [0.25, 0.3) is 0 Å². The van der Waals surface area contributed by atoms with E-state index in [1.807, 2.05) is 36.1 Å². The third-order valence-electron chi connectivity index (χ3n) is 3.52. The second-order valence-electron chi connectivity index (χ2n) is 5.13. The van der Waals surface area contributed by atoms with Crippen LogP contribution in [0.4, 0.5) is 0 Å². The lowest BCUT2D eigenvalue weighted by molar-refractivity contribution is -0.131. The number of ether oxygens (including phenoxy) is 1. The van der Waals surface area contributed by atoms with Crippen molar-refractivity contribution in [3.05, 3.63) is 29.8 Å². The predicted molar refractivity (Wildman–Crippen MR) is 79.7 cm³/mol. The Morgan fingerprint density at radius 1 is 1.30 bits per heavy atom. The van der Waals surface area contributed by atoms with Gasteiger partial charge in [-0.05, 0) is 43.9 Å². The molecule has 1 N–H and O–H groups in total. The fraction of sp³-hybridized carbons (Fsp3) is 0.562. The molecule has 110 valence electrons. The highest BCUT2D eigenvalue weighted by Crippen LogP contribution is 2.13. The van der Waals surface area contributed by atoms with Crippen molar-refractivity contribution in [1.29, 1.82) is 0 Å². The van der Waals surface area contributed by atoms with Gasteiger partial charge in [-0.3, -0.25) is 4.79 Å². The maximum atomic E-state index is 12.0. The molecule has 1 saturated heterocycles. The summed E-state index contributed by atoms with van der Waals surface area (Å²) < 4.78 is 5.47. The van der Waals surface area contributed by atoms with Crippen LogP contribution in [-0.4, -0.2) is 37.0 Å². The van der Waals surface area contributed by atoms with E-state index in [9.17, 15) is 4.79 Å². The molecule has 1 heterocycles. The lowest BCUT2D eigenvalue weighted by Crippen LogP contribution is -2.40. The summed E-state index contributed by atoms with van der Waals surface area (Å²) in [6.45, 7) is 5.59. The Balaban J connectivity index is 1.74. The normalized spacial score (nSPS) is 15.2. The van der Waals surface area contributed by atoms with Gasteiger partial charge in [0, 0.05) is 19.6 Å². The van der Waals surface area contributed by atoms with Gasteiger partial charge in [-0.2, -0.15) is 0 Å². The molecule has 0 bridgehead atoms. The SMILES string of the molecule is CCOc1cccc(CNCC(=O)N2CCCCC2)c1. The molecule has 0 radical (unpaired) electrons. The minimum Gasteiger partial charge on any atom is -0.494 e. The van der Waals surface area contributed by atoms with Crippen molar-refractivity contribution in [2.45, 2.75) is 32.7 Å². The molecule has 0 spiro atoms. The second-order valence-corrected chi connectivity index (χ2v) is 5.13. The van der Waals surface area contributed by atoms with Crippen molar-refractivity contribution in [3.8, 4) is 5.75 Å². The van der Waals surface area contributed by atoms with Crippen molar-refractivity contribution < 1.29 is 9.53 Å². The molecule has 1 aliphatic rings. The number of likely N-dealkylation sites (tertiary alicyclic amines) is 1. The van der Waals surface area contributed by atoms with E-state index in [1.54, 1.807) is 0 Å². The van der Waals surface area contributed by atoms with E-state index in [2.05, 4.69) is 5.32 Å². The first kappa shape index (κ1) is 14.9. The van der Waals surface area contributed by atoms with Crippen LogP contribution in [0, 0.1) is 0 Å². The number of nitrogens with one attached hydrogen (secondary N) is 1. The summed E-state index contributed by atoms with van der Waals surface area (Å²) in [6, 6.07) is 7.99. The smallest absolute Gasteiger partial charge is 0.236 e. The first-order valence-corrected chi connectivity index (χ1v) is 7.50. The zero-order valence-corrected chi connectivity index (χ0v) is 12.2. The minimum absolute atomic E-state index is 0.214. The van der Waals surface area contributed by atoms with Gasteiger partial charge in [-0.25, -0.2) is 0 Å². The third-order valence-corrected chi connectivity index (χ3v) is 3.52. The zero-order chi connectivity index (χ0) is 14.2. The van der Waals surface area contributed by atoms with Crippen molar-refractivity contribution in [3.63, 3.8) is 0 Å². The minimum atomic E-state index is 0.214. The van der Waals surface area contributed by atoms with Gasteiger partial charge in [0.2, 0.25) is 5.91 Å². The Kier molecular flexibility index (Phi) is 5.87. The number of piperidine rings is 1. The van der Waals surface area contributed by atoms with Crippen molar-refractivity contribution in [2.24, 2.45) is 0 Å². The Morgan fingerprint density at radius 3 is 2.85 bits per heavy atom. The summed E-state index contributed by atoms with van der Waals surface area (Å²) in [6.07, 6.45) is 3.53. The fourth-order valence-corrected chi connectivity index (χ4v) is 2.48. The standard InChI is InChI=1S/C16H24N2O2/c1-2-20-15-8-6-7-14(11-15)12-17-13-16(19)18-9-4-3-5-10-18/h6-8,11,17H,2-5,9-10,12-13H2,1H3. The van der Waals surface area contributed by atoms with Crippen LogP contribution in [-0.2, 0) is 11.3 Å². The monoisotopic (exact) mass is 276 g/mol. The molecule has 4 nitrogen and oxygen atoms in total. The molecule has 0 saturated carbocycles. The average molecular weight is 276 g/mol. The molecule has 4 heteroatoms. The third kappa shape index (κ3) is 4.53. The van der Waals surface area contributed by atoms with E-state index in [4.69, 9.17) is 4.74 Å². The molecular weight excluding hydrogens is 252 g/mol. The van der Waals surface area contributed by atoms with Gasteiger partial charge in [0.25, 0.3) is 0 Å². The van der Waals surface area contributed by atoms with Crippen LogP contribution in [0.1, 0.15) is 31.7 Å². The number of carbonyl (C=O) groups is 1. The number of benzene rings is 1. The van der Waals surface area contributed by atoms with Crippen LogP contribution in [0.15, 0.2) is 24.3 Å². The number of rotatable bonds is 6. The van der Waals surface area contributed by atoms with E-state index < -0.39 is 0 Å². The quantitative estimate of drug-likeness (QED) is 0.866. The van der Waals surface area contributed by atoms with Crippen LogP contribution >= 0.6 is 0 Å². The number of carbonyl (C=O) groups excluding carboxylic acids is 1. The summed E-state index contributed by atoms with van der Waals surface area (Å²) in [5, 5.41) is 3.22. The van der Waals surface area contributed by atoms with Gasteiger partial charge in [0.05, 0.1) is 13.2 Å². The first-order chi connectivity index (χ1) is 9.79. The molecule has 1 amide bonds. The van der Waals surface area contributed by atoms with Gasteiger partial charge < -0.3 is 15.0 Å². The average Bonchev–Trinajstić information content (AvgIpc) is 2.49. The maximum Gasteiger partial charge on any atom is 0.236 e. The molecule has 1 aliphatic heterocycles. The number of amides is 1. The summed E-state index contributed by atoms with van der Waals surface area (Å²) >= 11 is 0. The van der Waals surface area contributed by atoms with Crippen molar-refractivity contribution >= 4 is 5.91 Å². The number of nitrogens with zero attached hydrogens (tertiary/aromatic N) is 1. The largest absolute Gasteiger partial charge is 0.494 e. The highest BCUT2D eigenvalue weighted by atomic mass is 16.5. The van der Waals surface area contributed by atoms with Crippen LogP contribution < -0.4 is 10.1 Å². The maximum absolute atomic E-state index is 12.0. The Bertz CT molecular complexity index is 428. The lowest BCUT2D eigenvalue weighted by atomic mass is 10.1. The van der Waals surface area contributed by atoms with Crippen molar-refractivity contribution in [2.75, 3.05) is 26.2 Å².